The first-order chi connectivity index (χ1) is 11.3. The molecule has 23 heavy (non-hydrogen) atoms. The van der Waals surface area contributed by atoms with Crippen LogP contribution in [0.25, 0.3) is 10.9 Å². The average Bonchev–Trinajstić information content (AvgIpc) is 3.31. The zero-order chi connectivity index (χ0) is 15.8. The zero-order valence-corrected chi connectivity index (χ0v) is 12.4. The number of nitrogens with one attached hydrogen (secondary N) is 1. The fourth-order valence-electron chi connectivity index (χ4n) is 3.18. The highest BCUT2D eigenvalue weighted by Gasteiger charge is 2.29. The third kappa shape index (κ3) is 2.27. The van der Waals surface area contributed by atoms with Crippen molar-refractivity contribution in [3.8, 4) is 6.07 Å². The van der Waals surface area contributed by atoms with Gasteiger partial charge in [0.25, 0.3) is 5.91 Å². The highest BCUT2D eigenvalue weighted by Crippen LogP contribution is 2.25. The molecule has 1 amide bonds. The van der Waals surface area contributed by atoms with E-state index in [0.717, 1.165) is 22.9 Å². The Morgan fingerprint density at radius 3 is 3.13 bits per heavy atom. The van der Waals surface area contributed by atoms with Gasteiger partial charge in [0.15, 0.2) is 0 Å². The number of aromatic amines is 1. The van der Waals surface area contributed by atoms with Crippen molar-refractivity contribution in [2.45, 2.75) is 12.5 Å². The molecule has 3 heterocycles. The first kappa shape index (κ1) is 13.6. The van der Waals surface area contributed by atoms with Crippen LogP contribution in [0.4, 0.5) is 0 Å². The van der Waals surface area contributed by atoms with E-state index < -0.39 is 0 Å². The Bertz CT molecular complexity index is 916. The number of carbonyl (C=O) groups excluding carboxylic acids is 1. The number of benzene rings is 1. The molecular formula is C17H15N5O. The minimum absolute atomic E-state index is 0.0466. The molecule has 1 saturated heterocycles. The van der Waals surface area contributed by atoms with Crippen molar-refractivity contribution in [1.82, 2.24) is 19.7 Å². The van der Waals surface area contributed by atoms with Crippen molar-refractivity contribution in [2.24, 2.45) is 0 Å². The molecule has 0 spiro atoms. The number of rotatable bonds is 2. The normalized spacial score (nSPS) is 17.5. The Morgan fingerprint density at radius 1 is 1.39 bits per heavy atom. The van der Waals surface area contributed by atoms with Gasteiger partial charge >= 0.3 is 0 Å². The number of carbonyl (C=O) groups is 1. The fraction of sp³-hybridized carbons (Fsp3) is 0.235. The zero-order valence-electron chi connectivity index (χ0n) is 12.4. The van der Waals surface area contributed by atoms with Gasteiger partial charge in [0.2, 0.25) is 0 Å². The molecule has 0 bridgehead atoms. The lowest BCUT2D eigenvalue weighted by atomic mass is 10.1. The number of likely N-dealkylation sites (tertiary alicyclic amines) is 1. The van der Waals surface area contributed by atoms with Crippen LogP contribution < -0.4 is 0 Å². The van der Waals surface area contributed by atoms with Gasteiger partial charge in [0, 0.05) is 41.9 Å². The molecule has 0 saturated carbocycles. The molecule has 4 rings (SSSR count). The van der Waals surface area contributed by atoms with Gasteiger partial charge in [-0.05, 0) is 24.6 Å². The predicted molar refractivity (Wildman–Crippen MR) is 84.8 cm³/mol. The quantitative estimate of drug-likeness (QED) is 0.789. The van der Waals surface area contributed by atoms with Crippen molar-refractivity contribution in [1.29, 1.82) is 5.26 Å². The number of hydrogen-bond donors (Lipinski definition) is 1. The Balaban J connectivity index is 1.56. The molecule has 1 atom stereocenters. The summed E-state index contributed by atoms with van der Waals surface area (Å²) in [6.07, 6.45) is 6.00. The second-order valence-electron chi connectivity index (χ2n) is 5.76. The topological polar surface area (TPSA) is 77.7 Å². The molecular weight excluding hydrogens is 290 g/mol. The highest BCUT2D eigenvalue weighted by molar-refractivity contribution is 6.06. The second kappa shape index (κ2) is 5.29. The third-order valence-electron chi connectivity index (χ3n) is 4.38. The summed E-state index contributed by atoms with van der Waals surface area (Å²) in [6.45, 7) is 1.32. The van der Waals surface area contributed by atoms with E-state index in [1.165, 1.54) is 0 Å². The van der Waals surface area contributed by atoms with Gasteiger partial charge in [0.05, 0.1) is 17.8 Å². The van der Waals surface area contributed by atoms with Crippen LogP contribution in [0.5, 0.6) is 0 Å². The molecule has 1 unspecified atom stereocenters. The van der Waals surface area contributed by atoms with E-state index in [0.29, 0.717) is 18.7 Å². The van der Waals surface area contributed by atoms with Gasteiger partial charge in [-0.3, -0.25) is 9.48 Å². The molecule has 1 fully saturated rings. The summed E-state index contributed by atoms with van der Waals surface area (Å²) < 4.78 is 1.79. The van der Waals surface area contributed by atoms with Crippen LogP contribution in [-0.2, 0) is 0 Å². The molecule has 1 N–H and O–H groups in total. The molecule has 3 aromatic rings. The van der Waals surface area contributed by atoms with E-state index in [1.54, 1.807) is 17.1 Å². The molecule has 1 aromatic carbocycles. The monoisotopic (exact) mass is 305 g/mol. The predicted octanol–water partition coefficient (Wildman–Crippen LogP) is 2.32. The second-order valence-corrected chi connectivity index (χ2v) is 5.76. The van der Waals surface area contributed by atoms with E-state index in [1.807, 2.05) is 35.4 Å². The Kier molecular flexibility index (Phi) is 3.12. The van der Waals surface area contributed by atoms with Crippen LogP contribution >= 0.6 is 0 Å². The van der Waals surface area contributed by atoms with Crippen molar-refractivity contribution < 1.29 is 4.79 Å². The SMILES string of the molecule is N#Cc1cnn(C2CCN(C(=O)c3cccc4[nH]ccc34)C2)c1. The number of H-pyrrole nitrogens is 1. The number of hydrogen-bond acceptors (Lipinski definition) is 3. The summed E-state index contributed by atoms with van der Waals surface area (Å²) in [5, 5.41) is 14.1. The Labute approximate surface area is 132 Å². The van der Waals surface area contributed by atoms with E-state index in [2.05, 4.69) is 16.2 Å². The standard InChI is InChI=1S/C17H15N5O/c18-8-12-9-20-22(10-12)13-5-7-21(11-13)17(23)15-2-1-3-16-14(15)4-6-19-16/h1-4,6,9-10,13,19H,5,7,11H2. The van der Waals surface area contributed by atoms with Gasteiger partial charge < -0.3 is 9.88 Å². The van der Waals surface area contributed by atoms with E-state index in [-0.39, 0.29) is 11.9 Å². The summed E-state index contributed by atoms with van der Waals surface area (Å²) in [6, 6.07) is 9.87. The van der Waals surface area contributed by atoms with Crippen LogP contribution in [0.15, 0.2) is 42.9 Å². The summed E-state index contributed by atoms with van der Waals surface area (Å²) in [4.78, 5) is 17.8. The summed E-state index contributed by atoms with van der Waals surface area (Å²) in [7, 11) is 0. The maximum absolute atomic E-state index is 12.8. The summed E-state index contributed by atoms with van der Waals surface area (Å²) in [5.74, 6) is 0.0466. The van der Waals surface area contributed by atoms with Crippen molar-refractivity contribution in [2.75, 3.05) is 13.1 Å². The largest absolute Gasteiger partial charge is 0.361 e. The Hall–Kier alpha value is -3.07. The number of fused-ring (bicyclic) bond motifs is 1. The third-order valence-corrected chi connectivity index (χ3v) is 4.38. The average molecular weight is 305 g/mol. The maximum atomic E-state index is 12.8. The highest BCUT2D eigenvalue weighted by atomic mass is 16.2. The van der Waals surface area contributed by atoms with Crippen LogP contribution in [0.1, 0.15) is 28.4 Å². The smallest absolute Gasteiger partial charge is 0.254 e. The van der Waals surface area contributed by atoms with Gasteiger partial charge in [-0.25, -0.2) is 0 Å². The molecule has 6 nitrogen and oxygen atoms in total. The first-order valence-electron chi connectivity index (χ1n) is 7.56. The fourth-order valence-corrected chi connectivity index (χ4v) is 3.18. The van der Waals surface area contributed by atoms with Crippen molar-refractivity contribution in [3.63, 3.8) is 0 Å². The van der Waals surface area contributed by atoms with Crippen LogP contribution in [0.2, 0.25) is 0 Å². The van der Waals surface area contributed by atoms with E-state index >= 15 is 0 Å². The van der Waals surface area contributed by atoms with E-state index in [9.17, 15) is 4.79 Å². The molecule has 1 aliphatic heterocycles. The molecule has 114 valence electrons. The lowest BCUT2D eigenvalue weighted by molar-refractivity contribution is 0.0789. The lowest BCUT2D eigenvalue weighted by Gasteiger charge is -2.17. The van der Waals surface area contributed by atoms with Crippen molar-refractivity contribution >= 4 is 16.8 Å². The lowest BCUT2D eigenvalue weighted by Crippen LogP contribution is -2.29. The first-order valence-corrected chi connectivity index (χ1v) is 7.56. The minimum Gasteiger partial charge on any atom is -0.361 e. The maximum Gasteiger partial charge on any atom is 0.254 e. The van der Waals surface area contributed by atoms with Crippen molar-refractivity contribution in [3.05, 3.63) is 54.0 Å². The Morgan fingerprint density at radius 2 is 2.30 bits per heavy atom. The van der Waals surface area contributed by atoms with Gasteiger partial charge in [-0.2, -0.15) is 10.4 Å². The van der Waals surface area contributed by atoms with E-state index in [4.69, 9.17) is 5.26 Å². The van der Waals surface area contributed by atoms with Gasteiger partial charge in [0.1, 0.15) is 6.07 Å². The van der Waals surface area contributed by atoms with Crippen LogP contribution in [0, 0.1) is 11.3 Å². The number of nitriles is 1. The number of amides is 1. The number of nitrogens with zero attached hydrogens (tertiary/aromatic N) is 4. The van der Waals surface area contributed by atoms with Gasteiger partial charge in [-0.1, -0.05) is 6.07 Å². The van der Waals surface area contributed by atoms with Crippen LogP contribution in [-0.4, -0.2) is 38.7 Å². The molecule has 0 radical (unpaired) electrons. The minimum atomic E-state index is 0.0466. The molecule has 0 aliphatic carbocycles. The summed E-state index contributed by atoms with van der Waals surface area (Å²) >= 11 is 0. The number of aromatic nitrogens is 3. The molecule has 6 heteroatoms. The summed E-state index contributed by atoms with van der Waals surface area (Å²) in [5.41, 5.74) is 2.24. The molecule has 1 aliphatic rings. The van der Waals surface area contributed by atoms with Gasteiger partial charge in [-0.15, -0.1) is 0 Å². The molecule has 2 aromatic heterocycles. The van der Waals surface area contributed by atoms with Crippen LogP contribution in [0.3, 0.4) is 0 Å².